The van der Waals surface area contributed by atoms with E-state index in [4.69, 9.17) is 23.7 Å². The van der Waals surface area contributed by atoms with Crippen LogP contribution in [0.3, 0.4) is 0 Å². The first-order chi connectivity index (χ1) is 15.0. The van der Waals surface area contributed by atoms with Crippen molar-refractivity contribution in [1.29, 1.82) is 0 Å². The zero-order valence-corrected chi connectivity index (χ0v) is 20.4. The number of nitrogens with one attached hydrogen (secondary N) is 1. The number of epoxide rings is 2. The van der Waals surface area contributed by atoms with Gasteiger partial charge >= 0.3 is 12.1 Å². The topological polar surface area (TPSA) is 98.9 Å². The molecule has 182 valence electrons. The number of carbonyl (C=O) groups is 2. The van der Waals surface area contributed by atoms with Crippen molar-refractivity contribution in [3.63, 3.8) is 0 Å². The van der Waals surface area contributed by atoms with Crippen LogP contribution in [0.2, 0.25) is 0 Å². The Kier molecular flexibility index (Phi) is 7.57. The summed E-state index contributed by atoms with van der Waals surface area (Å²) in [6, 6.07) is -0.331. The van der Waals surface area contributed by atoms with Crippen LogP contribution in [0, 0.1) is 11.8 Å². The Morgan fingerprint density at radius 3 is 2.47 bits per heavy atom. The molecule has 0 aromatic rings. The van der Waals surface area contributed by atoms with Crippen LogP contribution in [0.25, 0.3) is 0 Å². The minimum atomic E-state index is -0.530. The van der Waals surface area contributed by atoms with E-state index in [1.54, 1.807) is 7.11 Å². The average molecular weight is 454 g/mol. The van der Waals surface area contributed by atoms with Crippen molar-refractivity contribution >= 4 is 12.1 Å². The van der Waals surface area contributed by atoms with Gasteiger partial charge in [0.2, 0.25) is 0 Å². The van der Waals surface area contributed by atoms with Crippen molar-refractivity contribution in [2.24, 2.45) is 11.8 Å². The lowest BCUT2D eigenvalue weighted by Gasteiger charge is -2.42. The van der Waals surface area contributed by atoms with E-state index in [9.17, 15) is 9.59 Å². The molecular formula is C24H39NO7. The summed E-state index contributed by atoms with van der Waals surface area (Å²) in [6.45, 7) is 12.3. The SMILES string of the molecule is COC1C(OC(=O)N[C@@H](COC(C)=O)C(C)C)CC[C@]2(CO2)C1[C@@]1(C)O[C@@H]1CC=C(C)C. The number of carbonyl (C=O) groups excluding carboxylic acids is 2. The summed E-state index contributed by atoms with van der Waals surface area (Å²) >= 11 is 0. The molecule has 7 atom stereocenters. The first-order valence-corrected chi connectivity index (χ1v) is 11.6. The Morgan fingerprint density at radius 1 is 1.25 bits per heavy atom. The number of methoxy groups -OCH3 is 1. The van der Waals surface area contributed by atoms with Crippen LogP contribution in [0.5, 0.6) is 0 Å². The van der Waals surface area contributed by atoms with Gasteiger partial charge < -0.3 is 29.0 Å². The van der Waals surface area contributed by atoms with Crippen molar-refractivity contribution < 1.29 is 33.3 Å². The molecule has 2 saturated heterocycles. The second kappa shape index (κ2) is 9.69. The summed E-state index contributed by atoms with van der Waals surface area (Å²) in [4.78, 5) is 23.9. The highest BCUT2D eigenvalue weighted by atomic mass is 16.6. The predicted octanol–water partition coefficient (Wildman–Crippen LogP) is 3.38. The number of esters is 1. The summed E-state index contributed by atoms with van der Waals surface area (Å²) in [5.41, 5.74) is 0.622. The first kappa shape index (κ1) is 25.0. The smallest absolute Gasteiger partial charge is 0.407 e. The van der Waals surface area contributed by atoms with Crippen LogP contribution in [-0.4, -0.2) is 67.9 Å². The van der Waals surface area contributed by atoms with Crippen molar-refractivity contribution in [1.82, 2.24) is 5.32 Å². The number of amides is 1. The van der Waals surface area contributed by atoms with Crippen molar-refractivity contribution in [3.05, 3.63) is 11.6 Å². The molecule has 8 heteroatoms. The van der Waals surface area contributed by atoms with Crippen LogP contribution in [0.15, 0.2) is 11.6 Å². The normalized spacial score (nSPS) is 36.4. The largest absolute Gasteiger partial charge is 0.464 e. The number of rotatable bonds is 9. The molecule has 1 saturated carbocycles. The first-order valence-electron chi connectivity index (χ1n) is 11.6. The van der Waals surface area contributed by atoms with Gasteiger partial charge in [0, 0.05) is 14.0 Å². The Bertz CT molecular complexity index is 728. The summed E-state index contributed by atoms with van der Waals surface area (Å²) < 4.78 is 29.0. The molecule has 1 aliphatic carbocycles. The second-order valence-corrected chi connectivity index (χ2v) is 10.1. The number of allylic oxidation sites excluding steroid dienone is 1. The van der Waals surface area contributed by atoms with E-state index < -0.39 is 12.2 Å². The van der Waals surface area contributed by atoms with Gasteiger partial charge in [-0.3, -0.25) is 4.79 Å². The Hall–Kier alpha value is -1.64. The van der Waals surface area contributed by atoms with Gasteiger partial charge in [0.1, 0.15) is 30.0 Å². The molecule has 3 rings (SSSR count). The average Bonchev–Trinajstić information content (AvgIpc) is 3.62. The molecule has 0 aromatic carbocycles. The molecule has 0 bridgehead atoms. The monoisotopic (exact) mass is 453 g/mol. The van der Waals surface area contributed by atoms with Crippen molar-refractivity contribution in [3.8, 4) is 0 Å². The van der Waals surface area contributed by atoms with Gasteiger partial charge in [-0.05, 0) is 46.0 Å². The highest BCUT2D eigenvalue weighted by molar-refractivity contribution is 5.68. The molecule has 1 spiro atoms. The molecule has 0 radical (unpaired) electrons. The summed E-state index contributed by atoms with van der Waals surface area (Å²) in [5, 5.41) is 2.85. The predicted molar refractivity (Wildman–Crippen MR) is 118 cm³/mol. The lowest BCUT2D eigenvalue weighted by atomic mass is 9.68. The lowest BCUT2D eigenvalue weighted by molar-refractivity contribution is -0.142. The van der Waals surface area contributed by atoms with E-state index in [1.807, 2.05) is 13.8 Å². The van der Waals surface area contributed by atoms with Gasteiger partial charge in [-0.25, -0.2) is 4.79 Å². The highest BCUT2D eigenvalue weighted by Crippen LogP contribution is 2.59. The van der Waals surface area contributed by atoms with Crippen molar-refractivity contribution in [2.75, 3.05) is 20.3 Å². The zero-order valence-electron chi connectivity index (χ0n) is 20.4. The zero-order chi connectivity index (χ0) is 23.7. The molecule has 3 fully saturated rings. The van der Waals surface area contributed by atoms with E-state index in [1.165, 1.54) is 12.5 Å². The second-order valence-electron chi connectivity index (χ2n) is 10.1. The van der Waals surface area contributed by atoms with Crippen LogP contribution in [0.1, 0.15) is 60.8 Å². The van der Waals surface area contributed by atoms with Crippen molar-refractivity contribution in [2.45, 2.75) is 96.4 Å². The molecule has 8 nitrogen and oxygen atoms in total. The number of ether oxygens (including phenoxy) is 5. The van der Waals surface area contributed by atoms with E-state index in [0.29, 0.717) is 13.0 Å². The molecule has 0 aromatic heterocycles. The maximum absolute atomic E-state index is 12.7. The van der Waals surface area contributed by atoms with E-state index in [-0.39, 0.29) is 53.9 Å². The fraction of sp³-hybridized carbons (Fsp3) is 0.833. The molecule has 2 aliphatic heterocycles. The standard InChI is InChI=1S/C24H39NO7/c1-14(2)8-9-19-23(6,32-19)21-20(28-7)18(10-11-24(21)13-30-24)31-22(27)25-17(15(3)4)12-29-16(5)26/h8,15,17-21H,9-13H2,1-7H3,(H,25,27)/t17-,18?,19+,20?,21?,23-,24-/m0/s1. The quantitative estimate of drug-likeness (QED) is 0.325. The fourth-order valence-corrected chi connectivity index (χ4v) is 5.00. The molecule has 1 N–H and O–H groups in total. The maximum Gasteiger partial charge on any atom is 0.407 e. The molecule has 3 unspecified atom stereocenters. The Labute approximate surface area is 191 Å². The molecule has 2 heterocycles. The third-order valence-corrected chi connectivity index (χ3v) is 7.07. The number of hydrogen-bond acceptors (Lipinski definition) is 7. The molecular weight excluding hydrogens is 414 g/mol. The van der Waals surface area contributed by atoms with Gasteiger partial charge in [-0.2, -0.15) is 0 Å². The minimum absolute atomic E-state index is 0.0240. The van der Waals surface area contributed by atoms with Gasteiger partial charge in [-0.1, -0.05) is 25.5 Å². The summed E-state index contributed by atoms with van der Waals surface area (Å²) in [5.74, 6) is -0.323. The number of hydrogen-bond donors (Lipinski definition) is 1. The van der Waals surface area contributed by atoms with Crippen LogP contribution in [-0.2, 0) is 28.5 Å². The van der Waals surface area contributed by atoms with Crippen LogP contribution >= 0.6 is 0 Å². The minimum Gasteiger partial charge on any atom is -0.464 e. The lowest BCUT2D eigenvalue weighted by Crippen LogP contribution is -2.56. The van der Waals surface area contributed by atoms with E-state index in [0.717, 1.165) is 12.8 Å². The third kappa shape index (κ3) is 5.46. The van der Waals surface area contributed by atoms with Crippen LogP contribution in [0.4, 0.5) is 4.79 Å². The molecule has 32 heavy (non-hydrogen) atoms. The maximum atomic E-state index is 12.7. The number of alkyl carbamates (subject to hydrolysis) is 1. The highest BCUT2D eigenvalue weighted by Gasteiger charge is 2.72. The fourth-order valence-electron chi connectivity index (χ4n) is 5.00. The third-order valence-electron chi connectivity index (χ3n) is 7.07. The van der Waals surface area contributed by atoms with Gasteiger partial charge in [0.15, 0.2) is 0 Å². The summed E-state index contributed by atoms with van der Waals surface area (Å²) in [7, 11) is 1.65. The van der Waals surface area contributed by atoms with E-state index >= 15 is 0 Å². The molecule has 3 aliphatic rings. The van der Waals surface area contributed by atoms with Gasteiger partial charge in [0.05, 0.1) is 24.7 Å². The Morgan fingerprint density at radius 2 is 1.94 bits per heavy atom. The summed E-state index contributed by atoms with van der Waals surface area (Å²) in [6.07, 6.45) is 3.33. The Balaban J connectivity index is 1.67. The molecule has 1 amide bonds. The van der Waals surface area contributed by atoms with Gasteiger partial charge in [0.25, 0.3) is 0 Å². The van der Waals surface area contributed by atoms with Crippen LogP contribution < -0.4 is 5.32 Å². The van der Waals surface area contributed by atoms with Gasteiger partial charge in [-0.15, -0.1) is 0 Å². The van der Waals surface area contributed by atoms with E-state index in [2.05, 4.69) is 32.2 Å².